The van der Waals surface area contributed by atoms with E-state index in [1.54, 1.807) is 12.1 Å². The van der Waals surface area contributed by atoms with Crippen LogP contribution >= 0.6 is 0 Å². The zero-order chi connectivity index (χ0) is 18.4. The molecule has 26 heavy (non-hydrogen) atoms. The number of benzene rings is 1. The average Bonchev–Trinajstić information content (AvgIpc) is 3.43. The van der Waals surface area contributed by atoms with Crippen LogP contribution in [0.1, 0.15) is 51.5 Å². The molecule has 4 nitrogen and oxygen atoms in total. The average molecular weight is 361 g/mol. The monoisotopic (exact) mass is 360 g/mol. The van der Waals surface area contributed by atoms with Crippen LogP contribution in [0, 0.1) is 5.82 Å². The Hall–Kier alpha value is -1.62. The summed E-state index contributed by atoms with van der Waals surface area (Å²) < 4.78 is 14.2. The van der Waals surface area contributed by atoms with E-state index in [2.05, 4.69) is 29.4 Å². The lowest BCUT2D eigenvalue weighted by Gasteiger charge is -2.33. The lowest BCUT2D eigenvalue weighted by Crippen LogP contribution is -2.49. The highest BCUT2D eigenvalue weighted by Gasteiger charge is 2.45. The molecule has 2 N–H and O–H groups in total. The Kier molecular flexibility index (Phi) is 6.52. The molecule has 1 saturated heterocycles. The second-order valence-electron chi connectivity index (χ2n) is 7.72. The molecule has 1 saturated carbocycles. The van der Waals surface area contributed by atoms with E-state index in [0.717, 1.165) is 56.8 Å². The highest BCUT2D eigenvalue weighted by Crippen LogP contribution is 2.49. The summed E-state index contributed by atoms with van der Waals surface area (Å²) in [5.41, 5.74) is 0.727. The van der Waals surface area contributed by atoms with Gasteiger partial charge in [0.25, 0.3) is 0 Å². The van der Waals surface area contributed by atoms with Gasteiger partial charge in [-0.3, -0.25) is 4.99 Å². The van der Waals surface area contributed by atoms with E-state index in [-0.39, 0.29) is 11.2 Å². The molecule has 1 aromatic rings. The molecular formula is C21H33FN4. The van der Waals surface area contributed by atoms with Gasteiger partial charge in [0.05, 0.1) is 6.54 Å². The first-order chi connectivity index (χ1) is 12.7. The van der Waals surface area contributed by atoms with Crippen molar-refractivity contribution in [1.82, 2.24) is 15.5 Å². The zero-order valence-electron chi connectivity index (χ0n) is 16.2. The van der Waals surface area contributed by atoms with E-state index >= 15 is 0 Å². The number of rotatable bonds is 7. The molecule has 0 atom stereocenters. The molecule has 1 heterocycles. The zero-order valence-corrected chi connectivity index (χ0v) is 16.2. The summed E-state index contributed by atoms with van der Waals surface area (Å²) in [4.78, 5) is 7.37. The molecule has 1 aliphatic carbocycles. The molecule has 0 bridgehead atoms. The van der Waals surface area contributed by atoms with Crippen LogP contribution in [0.25, 0.3) is 0 Å². The van der Waals surface area contributed by atoms with E-state index in [9.17, 15) is 4.39 Å². The molecule has 0 radical (unpaired) electrons. The van der Waals surface area contributed by atoms with Crippen molar-refractivity contribution < 1.29 is 4.39 Å². The summed E-state index contributed by atoms with van der Waals surface area (Å²) in [6.45, 7) is 9.33. The Morgan fingerprint density at radius 2 is 1.96 bits per heavy atom. The van der Waals surface area contributed by atoms with Gasteiger partial charge in [-0.25, -0.2) is 4.39 Å². The summed E-state index contributed by atoms with van der Waals surface area (Å²) in [7, 11) is 0. The number of aliphatic imine (C=N–C) groups is 1. The summed E-state index contributed by atoms with van der Waals surface area (Å²) >= 11 is 0. The number of piperidine rings is 1. The third kappa shape index (κ3) is 4.76. The van der Waals surface area contributed by atoms with Gasteiger partial charge in [-0.1, -0.05) is 25.1 Å². The van der Waals surface area contributed by atoms with Gasteiger partial charge < -0.3 is 15.5 Å². The van der Waals surface area contributed by atoms with Crippen molar-refractivity contribution in [2.24, 2.45) is 4.99 Å². The molecule has 5 heteroatoms. The van der Waals surface area contributed by atoms with Crippen LogP contribution in [-0.4, -0.2) is 49.6 Å². The van der Waals surface area contributed by atoms with Gasteiger partial charge in [-0.2, -0.15) is 0 Å². The lowest BCUT2D eigenvalue weighted by atomic mass is 9.95. The Balaban J connectivity index is 1.59. The maximum atomic E-state index is 14.2. The molecule has 0 unspecified atom stereocenters. The standard InChI is InChI=1S/C21H33FN4/c1-3-13-26-14-9-17(10-15-26)25-20(23-4-2)24-16-21(11-12-21)18-7-5-6-8-19(18)22/h5-8,17H,3-4,9-16H2,1-2H3,(H2,23,24,25). The summed E-state index contributed by atoms with van der Waals surface area (Å²) in [5, 5.41) is 6.97. The fourth-order valence-corrected chi connectivity index (χ4v) is 3.92. The van der Waals surface area contributed by atoms with Crippen LogP contribution in [-0.2, 0) is 5.41 Å². The van der Waals surface area contributed by atoms with Gasteiger partial charge in [0, 0.05) is 31.1 Å². The minimum Gasteiger partial charge on any atom is -0.357 e. The van der Waals surface area contributed by atoms with Crippen LogP contribution < -0.4 is 10.6 Å². The molecule has 2 fully saturated rings. The Labute approximate surface area is 157 Å². The normalized spacial score (nSPS) is 20.8. The van der Waals surface area contributed by atoms with Gasteiger partial charge in [-0.05, 0) is 57.2 Å². The van der Waals surface area contributed by atoms with E-state index in [1.165, 1.54) is 13.0 Å². The number of nitrogens with zero attached hydrogens (tertiary/aromatic N) is 2. The smallest absolute Gasteiger partial charge is 0.191 e. The quantitative estimate of drug-likeness (QED) is 0.579. The lowest BCUT2D eigenvalue weighted by molar-refractivity contribution is 0.206. The number of likely N-dealkylation sites (tertiary alicyclic amines) is 1. The Morgan fingerprint density at radius 1 is 1.23 bits per heavy atom. The van der Waals surface area contributed by atoms with E-state index in [4.69, 9.17) is 4.99 Å². The number of halogens is 1. The molecule has 144 valence electrons. The van der Waals surface area contributed by atoms with Crippen molar-refractivity contribution >= 4 is 5.96 Å². The molecule has 3 rings (SSSR count). The highest BCUT2D eigenvalue weighted by atomic mass is 19.1. The van der Waals surface area contributed by atoms with Crippen LogP contribution in [0.3, 0.4) is 0 Å². The van der Waals surface area contributed by atoms with E-state index in [0.29, 0.717) is 12.6 Å². The van der Waals surface area contributed by atoms with Crippen LogP contribution in [0.2, 0.25) is 0 Å². The van der Waals surface area contributed by atoms with E-state index < -0.39 is 0 Å². The van der Waals surface area contributed by atoms with Gasteiger partial charge in [-0.15, -0.1) is 0 Å². The van der Waals surface area contributed by atoms with Crippen LogP contribution in [0.15, 0.2) is 29.3 Å². The predicted octanol–water partition coefficient (Wildman–Crippen LogP) is 3.29. The third-order valence-electron chi connectivity index (χ3n) is 5.65. The number of nitrogens with one attached hydrogen (secondary N) is 2. The molecule has 0 spiro atoms. The topological polar surface area (TPSA) is 39.7 Å². The maximum absolute atomic E-state index is 14.2. The van der Waals surface area contributed by atoms with Gasteiger partial charge in [0.15, 0.2) is 5.96 Å². The Morgan fingerprint density at radius 3 is 2.58 bits per heavy atom. The molecule has 1 aliphatic heterocycles. The van der Waals surface area contributed by atoms with Crippen molar-refractivity contribution in [1.29, 1.82) is 0 Å². The minimum atomic E-state index is -0.0990. The van der Waals surface area contributed by atoms with Crippen molar-refractivity contribution in [2.45, 2.75) is 57.4 Å². The fourth-order valence-electron chi connectivity index (χ4n) is 3.92. The number of guanidine groups is 1. The van der Waals surface area contributed by atoms with Crippen molar-refractivity contribution in [3.05, 3.63) is 35.6 Å². The first-order valence-electron chi connectivity index (χ1n) is 10.2. The molecular weight excluding hydrogens is 327 g/mol. The van der Waals surface area contributed by atoms with Gasteiger partial charge in [0.1, 0.15) is 5.82 Å². The largest absolute Gasteiger partial charge is 0.357 e. The first kappa shape index (κ1) is 19.2. The summed E-state index contributed by atoms with van der Waals surface area (Å²) in [6, 6.07) is 7.64. The Bertz CT molecular complexity index is 604. The number of hydrogen-bond donors (Lipinski definition) is 2. The molecule has 0 aromatic heterocycles. The van der Waals surface area contributed by atoms with Crippen molar-refractivity contribution in [3.8, 4) is 0 Å². The van der Waals surface area contributed by atoms with Crippen LogP contribution in [0.5, 0.6) is 0 Å². The minimum absolute atomic E-state index is 0.0959. The summed E-state index contributed by atoms with van der Waals surface area (Å²) in [6.07, 6.45) is 5.57. The van der Waals surface area contributed by atoms with Crippen molar-refractivity contribution in [2.75, 3.05) is 32.7 Å². The summed E-state index contributed by atoms with van der Waals surface area (Å²) in [5.74, 6) is 0.783. The van der Waals surface area contributed by atoms with Gasteiger partial charge >= 0.3 is 0 Å². The van der Waals surface area contributed by atoms with Gasteiger partial charge in [0.2, 0.25) is 0 Å². The molecule has 2 aliphatic rings. The second-order valence-corrected chi connectivity index (χ2v) is 7.72. The van der Waals surface area contributed by atoms with E-state index in [1.807, 2.05) is 12.1 Å². The molecule has 1 aromatic carbocycles. The van der Waals surface area contributed by atoms with Crippen LogP contribution in [0.4, 0.5) is 4.39 Å². The predicted molar refractivity (Wildman–Crippen MR) is 106 cm³/mol. The molecule has 0 amide bonds. The fraction of sp³-hybridized carbons (Fsp3) is 0.667. The highest BCUT2D eigenvalue weighted by molar-refractivity contribution is 5.80. The van der Waals surface area contributed by atoms with Crippen molar-refractivity contribution in [3.63, 3.8) is 0 Å². The SMILES string of the molecule is CCCN1CCC(NC(=NCC2(c3ccccc3F)CC2)NCC)CC1. The first-order valence-corrected chi connectivity index (χ1v) is 10.2. The maximum Gasteiger partial charge on any atom is 0.191 e. The number of hydrogen-bond acceptors (Lipinski definition) is 2. The second kappa shape index (κ2) is 8.85. The third-order valence-corrected chi connectivity index (χ3v) is 5.65.